The fourth-order valence-corrected chi connectivity index (χ4v) is 1.57. The van der Waals surface area contributed by atoms with E-state index in [0.717, 1.165) is 28.6 Å². The number of nitrogens with one attached hydrogen (secondary N) is 2. The predicted octanol–water partition coefficient (Wildman–Crippen LogP) is 1.87. The molecule has 4 nitrogen and oxygen atoms in total. The van der Waals surface area contributed by atoms with Crippen LogP contribution in [-0.4, -0.2) is 16.8 Å². The molecule has 0 saturated carbocycles. The van der Waals surface area contributed by atoms with Crippen molar-refractivity contribution in [1.82, 2.24) is 0 Å². The van der Waals surface area contributed by atoms with Crippen molar-refractivity contribution in [3.05, 3.63) is 29.3 Å². The van der Waals surface area contributed by atoms with E-state index in [4.69, 9.17) is 11.1 Å². The van der Waals surface area contributed by atoms with Gasteiger partial charge < -0.3 is 11.1 Å². The van der Waals surface area contributed by atoms with Crippen LogP contribution in [0.3, 0.4) is 0 Å². The van der Waals surface area contributed by atoms with Crippen LogP contribution in [0.4, 0.5) is 5.69 Å². The summed E-state index contributed by atoms with van der Waals surface area (Å²) in [5, 5.41) is 9.75. The minimum atomic E-state index is -0.145. The van der Waals surface area contributed by atoms with Gasteiger partial charge in [-0.1, -0.05) is 23.9 Å². The van der Waals surface area contributed by atoms with Crippen molar-refractivity contribution < 1.29 is 4.79 Å². The van der Waals surface area contributed by atoms with Crippen molar-refractivity contribution in [2.45, 2.75) is 13.8 Å². The molecule has 0 atom stereocenters. The van der Waals surface area contributed by atoms with Gasteiger partial charge >= 0.3 is 0 Å². The molecule has 0 aliphatic heterocycles. The molecule has 5 heteroatoms. The quantitative estimate of drug-likeness (QED) is 0.554. The molecule has 86 valence electrons. The fraction of sp³-hybridized carbons (Fsp3) is 0.273. The summed E-state index contributed by atoms with van der Waals surface area (Å²) in [5.74, 6) is 0.0248. The molecule has 16 heavy (non-hydrogen) atoms. The molecule has 0 bridgehead atoms. The highest BCUT2D eigenvalue weighted by Crippen LogP contribution is 2.18. The number of carbonyl (C=O) groups excluding carboxylic acids is 1. The minimum absolute atomic E-state index is 0.0453. The molecule has 0 fully saturated rings. The molecular formula is C11H15N3OS. The maximum absolute atomic E-state index is 11.5. The number of benzene rings is 1. The SMILES string of the molecule is Cc1cccc(NC(=O)CSC(=N)N)c1C. The molecule has 1 aromatic carbocycles. The first-order valence-corrected chi connectivity index (χ1v) is 5.82. The Bertz CT molecular complexity index is 418. The molecule has 1 aromatic rings. The molecule has 0 saturated heterocycles. The lowest BCUT2D eigenvalue weighted by atomic mass is 10.1. The minimum Gasteiger partial charge on any atom is -0.379 e. The Labute approximate surface area is 99.1 Å². The van der Waals surface area contributed by atoms with Crippen LogP contribution < -0.4 is 11.1 Å². The van der Waals surface area contributed by atoms with Crippen LogP contribution in [0.5, 0.6) is 0 Å². The van der Waals surface area contributed by atoms with E-state index in [1.54, 1.807) is 0 Å². The Balaban J connectivity index is 2.63. The van der Waals surface area contributed by atoms with Gasteiger partial charge in [-0.25, -0.2) is 0 Å². The van der Waals surface area contributed by atoms with Crippen LogP contribution >= 0.6 is 11.8 Å². The maximum atomic E-state index is 11.5. The number of hydrogen-bond acceptors (Lipinski definition) is 3. The molecule has 0 aliphatic carbocycles. The number of thioether (sulfide) groups is 1. The summed E-state index contributed by atoms with van der Waals surface area (Å²) in [6, 6.07) is 5.75. The number of amides is 1. The van der Waals surface area contributed by atoms with E-state index < -0.39 is 0 Å². The molecule has 0 spiro atoms. The Kier molecular flexibility index (Phi) is 4.37. The van der Waals surface area contributed by atoms with Crippen molar-refractivity contribution in [1.29, 1.82) is 5.41 Å². The average molecular weight is 237 g/mol. The van der Waals surface area contributed by atoms with E-state index >= 15 is 0 Å². The summed E-state index contributed by atoms with van der Waals surface area (Å²) in [7, 11) is 0. The molecule has 0 radical (unpaired) electrons. The maximum Gasteiger partial charge on any atom is 0.234 e. The van der Waals surface area contributed by atoms with Crippen molar-refractivity contribution in [2.24, 2.45) is 5.73 Å². The molecule has 4 N–H and O–H groups in total. The van der Waals surface area contributed by atoms with E-state index in [2.05, 4.69) is 5.32 Å². The van der Waals surface area contributed by atoms with Gasteiger partial charge in [0.05, 0.1) is 5.75 Å². The third-order valence-corrected chi connectivity index (χ3v) is 2.96. The molecule has 0 unspecified atom stereocenters. The van der Waals surface area contributed by atoms with E-state index in [9.17, 15) is 4.79 Å². The lowest BCUT2D eigenvalue weighted by Crippen LogP contribution is -2.17. The number of aryl methyl sites for hydroxylation is 1. The number of carbonyl (C=O) groups is 1. The summed E-state index contributed by atoms with van der Waals surface area (Å²) in [5.41, 5.74) is 8.16. The molecule has 1 rings (SSSR count). The van der Waals surface area contributed by atoms with Gasteiger partial charge in [-0.2, -0.15) is 0 Å². The van der Waals surface area contributed by atoms with Gasteiger partial charge in [0.25, 0.3) is 0 Å². The van der Waals surface area contributed by atoms with Crippen molar-refractivity contribution in [2.75, 3.05) is 11.1 Å². The van der Waals surface area contributed by atoms with Gasteiger partial charge in [-0.3, -0.25) is 10.2 Å². The zero-order chi connectivity index (χ0) is 12.1. The van der Waals surface area contributed by atoms with Gasteiger partial charge in [-0.05, 0) is 31.0 Å². The summed E-state index contributed by atoms with van der Waals surface area (Å²) in [4.78, 5) is 11.5. The highest BCUT2D eigenvalue weighted by molar-refractivity contribution is 8.14. The van der Waals surface area contributed by atoms with E-state index in [0.29, 0.717) is 0 Å². The fourth-order valence-electron chi connectivity index (χ4n) is 1.22. The van der Waals surface area contributed by atoms with E-state index in [-0.39, 0.29) is 16.8 Å². The third-order valence-electron chi connectivity index (χ3n) is 2.24. The summed E-state index contributed by atoms with van der Waals surface area (Å²) in [6.07, 6.45) is 0. The first-order valence-electron chi connectivity index (χ1n) is 4.83. The molecule has 1 amide bonds. The Morgan fingerprint density at radius 3 is 2.81 bits per heavy atom. The second kappa shape index (κ2) is 5.55. The highest BCUT2D eigenvalue weighted by Gasteiger charge is 2.06. The van der Waals surface area contributed by atoms with Crippen LogP contribution in [0, 0.1) is 19.3 Å². The third kappa shape index (κ3) is 3.58. The van der Waals surface area contributed by atoms with Crippen LogP contribution in [0.25, 0.3) is 0 Å². The lowest BCUT2D eigenvalue weighted by Gasteiger charge is -2.09. The Hall–Kier alpha value is -1.49. The number of amidine groups is 1. The van der Waals surface area contributed by atoms with Crippen molar-refractivity contribution >= 4 is 28.5 Å². The lowest BCUT2D eigenvalue weighted by molar-refractivity contribution is -0.113. The molecular weight excluding hydrogens is 222 g/mol. The number of anilines is 1. The van der Waals surface area contributed by atoms with Crippen LogP contribution in [0.2, 0.25) is 0 Å². The number of nitrogens with two attached hydrogens (primary N) is 1. The monoisotopic (exact) mass is 237 g/mol. The standard InChI is InChI=1S/C11H15N3OS/c1-7-4-3-5-9(8(7)2)14-10(15)6-16-11(12)13/h3-5H,6H2,1-2H3,(H3,12,13)(H,14,15). The van der Waals surface area contributed by atoms with Crippen LogP contribution in [0.1, 0.15) is 11.1 Å². The molecule has 0 aliphatic rings. The number of rotatable bonds is 3. The van der Waals surface area contributed by atoms with Crippen LogP contribution in [-0.2, 0) is 4.79 Å². The predicted molar refractivity (Wildman–Crippen MR) is 68.9 cm³/mol. The first kappa shape index (κ1) is 12.6. The van der Waals surface area contributed by atoms with Crippen molar-refractivity contribution in [3.8, 4) is 0 Å². The number of hydrogen-bond donors (Lipinski definition) is 3. The summed E-state index contributed by atoms with van der Waals surface area (Å²) >= 11 is 1.02. The second-order valence-corrected chi connectivity index (χ2v) is 4.47. The van der Waals surface area contributed by atoms with Crippen LogP contribution in [0.15, 0.2) is 18.2 Å². The summed E-state index contributed by atoms with van der Waals surface area (Å²) in [6.45, 7) is 3.96. The van der Waals surface area contributed by atoms with Crippen molar-refractivity contribution in [3.63, 3.8) is 0 Å². The normalized spacial score (nSPS) is 9.88. The largest absolute Gasteiger partial charge is 0.379 e. The average Bonchev–Trinajstić information content (AvgIpc) is 2.22. The smallest absolute Gasteiger partial charge is 0.234 e. The topological polar surface area (TPSA) is 79.0 Å². The highest BCUT2D eigenvalue weighted by atomic mass is 32.2. The van der Waals surface area contributed by atoms with E-state index in [1.807, 2.05) is 32.0 Å². The van der Waals surface area contributed by atoms with Gasteiger partial charge in [0.15, 0.2) is 5.17 Å². The van der Waals surface area contributed by atoms with Gasteiger partial charge in [0.2, 0.25) is 5.91 Å². The zero-order valence-electron chi connectivity index (χ0n) is 9.33. The first-order chi connectivity index (χ1) is 7.50. The Morgan fingerprint density at radius 2 is 2.19 bits per heavy atom. The van der Waals surface area contributed by atoms with Gasteiger partial charge in [0.1, 0.15) is 0 Å². The van der Waals surface area contributed by atoms with Gasteiger partial charge in [0, 0.05) is 5.69 Å². The Morgan fingerprint density at radius 1 is 1.50 bits per heavy atom. The second-order valence-electron chi connectivity index (χ2n) is 3.45. The van der Waals surface area contributed by atoms with E-state index in [1.165, 1.54) is 0 Å². The molecule has 0 heterocycles. The van der Waals surface area contributed by atoms with Gasteiger partial charge in [-0.15, -0.1) is 0 Å². The summed E-state index contributed by atoms with van der Waals surface area (Å²) < 4.78 is 0. The zero-order valence-corrected chi connectivity index (χ0v) is 10.1. The molecule has 0 aromatic heterocycles.